The molecule has 3 N–H and O–H groups in total. The van der Waals surface area contributed by atoms with Crippen molar-refractivity contribution in [3.8, 4) is 0 Å². The Bertz CT molecular complexity index is 715. The lowest BCUT2D eigenvalue weighted by atomic mass is 10.2. The van der Waals surface area contributed by atoms with Crippen LogP contribution in [0.3, 0.4) is 0 Å². The van der Waals surface area contributed by atoms with Crippen molar-refractivity contribution in [3.63, 3.8) is 0 Å². The number of rotatable bonds is 6. The highest BCUT2D eigenvalue weighted by Gasteiger charge is 2.10. The first-order valence-corrected chi connectivity index (χ1v) is 7.75. The SMILES string of the molecule is CCC(C)Nc1cc(C(=O)Nc2ccc(NC(C)=O)cc2)ncn1. The lowest BCUT2D eigenvalue weighted by molar-refractivity contribution is -0.114. The fraction of sp³-hybridized carbons (Fsp3) is 0.294. The fourth-order valence-electron chi connectivity index (χ4n) is 1.95. The van der Waals surface area contributed by atoms with Crippen molar-refractivity contribution in [3.05, 3.63) is 42.4 Å². The van der Waals surface area contributed by atoms with Crippen molar-refractivity contribution in [2.45, 2.75) is 33.2 Å². The number of carbonyl (C=O) groups is 2. The molecule has 7 heteroatoms. The van der Waals surface area contributed by atoms with Gasteiger partial charge in [0.2, 0.25) is 5.91 Å². The second-order valence-electron chi connectivity index (χ2n) is 5.45. The first-order chi connectivity index (χ1) is 11.5. The van der Waals surface area contributed by atoms with E-state index in [1.807, 2.05) is 6.92 Å². The second-order valence-corrected chi connectivity index (χ2v) is 5.45. The van der Waals surface area contributed by atoms with Crippen LogP contribution < -0.4 is 16.0 Å². The van der Waals surface area contributed by atoms with Gasteiger partial charge in [-0.1, -0.05) is 6.92 Å². The molecule has 0 aliphatic rings. The van der Waals surface area contributed by atoms with Crippen LogP contribution in [0, 0.1) is 0 Å². The zero-order valence-corrected chi connectivity index (χ0v) is 14.0. The van der Waals surface area contributed by atoms with Gasteiger partial charge in [-0.25, -0.2) is 9.97 Å². The molecule has 1 atom stereocenters. The third kappa shape index (κ3) is 5.05. The molecule has 1 heterocycles. The Balaban J connectivity index is 2.04. The lowest BCUT2D eigenvalue weighted by Crippen LogP contribution is -2.17. The summed E-state index contributed by atoms with van der Waals surface area (Å²) in [5, 5.41) is 8.64. The van der Waals surface area contributed by atoms with E-state index in [2.05, 4.69) is 32.8 Å². The molecule has 2 rings (SSSR count). The Kier molecular flexibility index (Phi) is 5.83. The minimum absolute atomic E-state index is 0.144. The van der Waals surface area contributed by atoms with Gasteiger partial charge in [0.1, 0.15) is 17.8 Å². The van der Waals surface area contributed by atoms with Crippen LogP contribution >= 0.6 is 0 Å². The van der Waals surface area contributed by atoms with Crippen molar-refractivity contribution < 1.29 is 9.59 Å². The number of benzene rings is 1. The summed E-state index contributed by atoms with van der Waals surface area (Å²) in [6.07, 6.45) is 2.31. The van der Waals surface area contributed by atoms with Gasteiger partial charge < -0.3 is 16.0 Å². The van der Waals surface area contributed by atoms with Gasteiger partial charge in [0.25, 0.3) is 5.91 Å². The van der Waals surface area contributed by atoms with Crippen LogP contribution in [0.25, 0.3) is 0 Å². The molecular weight excluding hydrogens is 306 g/mol. The molecule has 0 saturated heterocycles. The molecule has 1 unspecified atom stereocenters. The molecule has 0 aliphatic heterocycles. The molecule has 7 nitrogen and oxygen atoms in total. The van der Waals surface area contributed by atoms with Gasteiger partial charge in [0.05, 0.1) is 0 Å². The smallest absolute Gasteiger partial charge is 0.274 e. The van der Waals surface area contributed by atoms with Crippen molar-refractivity contribution in [1.29, 1.82) is 0 Å². The van der Waals surface area contributed by atoms with E-state index in [9.17, 15) is 9.59 Å². The summed E-state index contributed by atoms with van der Waals surface area (Å²) in [7, 11) is 0. The average Bonchev–Trinajstić information content (AvgIpc) is 2.56. The molecule has 0 spiro atoms. The summed E-state index contributed by atoms with van der Waals surface area (Å²) >= 11 is 0. The third-order valence-electron chi connectivity index (χ3n) is 3.37. The predicted octanol–water partition coefficient (Wildman–Crippen LogP) is 2.90. The average molecular weight is 327 g/mol. The largest absolute Gasteiger partial charge is 0.368 e. The number of carbonyl (C=O) groups excluding carboxylic acids is 2. The summed E-state index contributed by atoms with van der Waals surface area (Å²) in [4.78, 5) is 31.4. The van der Waals surface area contributed by atoms with Gasteiger partial charge in [0, 0.05) is 30.4 Å². The summed E-state index contributed by atoms with van der Waals surface area (Å²) in [6.45, 7) is 5.55. The van der Waals surface area contributed by atoms with Crippen molar-refractivity contribution in [1.82, 2.24) is 9.97 Å². The molecule has 126 valence electrons. The maximum atomic E-state index is 12.3. The second kappa shape index (κ2) is 8.05. The Labute approximate surface area is 140 Å². The van der Waals surface area contributed by atoms with Gasteiger partial charge in [-0.15, -0.1) is 0 Å². The summed E-state index contributed by atoms with van der Waals surface area (Å²) in [6, 6.07) is 8.73. The zero-order chi connectivity index (χ0) is 17.5. The van der Waals surface area contributed by atoms with Gasteiger partial charge in [0.15, 0.2) is 0 Å². The number of aromatic nitrogens is 2. The number of amides is 2. The normalized spacial score (nSPS) is 11.5. The Morgan fingerprint density at radius 2 is 1.71 bits per heavy atom. The van der Waals surface area contributed by atoms with E-state index in [4.69, 9.17) is 0 Å². The van der Waals surface area contributed by atoms with E-state index in [1.165, 1.54) is 13.3 Å². The van der Waals surface area contributed by atoms with Crippen LogP contribution in [0.1, 0.15) is 37.7 Å². The number of hydrogen-bond donors (Lipinski definition) is 3. The maximum absolute atomic E-state index is 12.3. The first kappa shape index (κ1) is 17.4. The van der Waals surface area contributed by atoms with E-state index in [1.54, 1.807) is 30.3 Å². The minimum atomic E-state index is -0.322. The first-order valence-electron chi connectivity index (χ1n) is 7.75. The Morgan fingerprint density at radius 3 is 2.29 bits per heavy atom. The van der Waals surface area contributed by atoms with E-state index < -0.39 is 0 Å². The minimum Gasteiger partial charge on any atom is -0.368 e. The molecule has 1 aromatic carbocycles. The number of hydrogen-bond acceptors (Lipinski definition) is 5. The van der Waals surface area contributed by atoms with Crippen LogP contribution in [0.4, 0.5) is 17.2 Å². The van der Waals surface area contributed by atoms with Gasteiger partial charge in [-0.2, -0.15) is 0 Å². The van der Waals surface area contributed by atoms with Gasteiger partial charge in [-0.05, 0) is 37.6 Å². The van der Waals surface area contributed by atoms with E-state index in [-0.39, 0.29) is 23.6 Å². The number of nitrogens with zero attached hydrogens (tertiary/aromatic N) is 2. The maximum Gasteiger partial charge on any atom is 0.274 e. The van der Waals surface area contributed by atoms with E-state index >= 15 is 0 Å². The molecule has 24 heavy (non-hydrogen) atoms. The lowest BCUT2D eigenvalue weighted by Gasteiger charge is -2.12. The van der Waals surface area contributed by atoms with Gasteiger partial charge >= 0.3 is 0 Å². The third-order valence-corrected chi connectivity index (χ3v) is 3.37. The van der Waals surface area contributed by atoms with Crippen LogP contribution in [0.5, 0.6) is 0 Å². The fourth-order valence-corrected chi connectivity index (χ4v) is 1.95. The molecule has 0 radical (unpaired) electrons. The molecule has 0 fully saturated rings. The van der Waals surface area contributed by atoms with E-state index in [0.29, 0.717) is 17.2 Å². The topological polar surface area (TPSA) is 96.0 Å². The molecule has 0 bridgehead atoms. The van der Waals surface area contributed by atoms with Crippen molar-refractivity contribution in [2.24, 2.45) is 0 Å². The van der Waals surface area contributed by atoms with Crippen LogP contribution in [0.15, 0.2) is 36.7 Å². The molecule has 0 saturated carbocycles. The number of nitrogens with one attached hydrogen (secondary N) is 3. The molecule has 1 aromatic heterocycles. The van der Waals surface area contributed by atoms with Crippen LogP contribution in [-0.4, -0.2) is 27.8 Å². The zero-order valence-electron chi connectivity index (χ0n) is 14.0. The summed E-state index contributed by atoms with van der Waals surface area (Å²) < 4.78 is 0. The van der Waals surface area contributed by atoms with Crippen molar-refractivity contribution in [2.75, 3.05) is 16.0 Å². The van der Waals surface area contributed by atoms with Gasteiger partial charge in [-0.3, -0.25) is 9.59 Å². The summed E-state index contributed by atoms with van der Waals surface area (Å²) in [5.41, 5.74) is 1.56. The Morgan fingerprint density at radius 1 is 1.08 bits per heavy atom. The standard InChI is InChI=1S/C17H21N5O2/c1-4-11(2)20-16-9-15(18-10-19-16)17(24)22-14-7-5-13(6-8-14)21-12(3)23/h5-11H,4H2,1-3H3,(H,21,23)(H,22,24)(H,18,19,20). The predicted molar refractivity (Wildman–Crippen MR) is 94.1 cm³/mol. The molecule has 2 aromatic rings. The number of anilines is 3. The summed E-state index contributed by atoms with van der Waals surface area (Å²) in [5.74, 6) is 0.150. The van der Waals surface area contributed by atoms with Crippen molar-refractivity contribution >= 4 is 29.0 Å². The Hall–Kier alpha value is -2.96. The highest BCUT2D eigenvalue weighted by molar-refractivity contribution is 6.03. The molecule has 2 amide bonds. The molecule has 0 aliphatic carbocycles. The van der Waals surface area contributed by atoms with E-state index in [0.717, 1.165) is 6.42 Å². The molecular formula is C17H21N5O2. The van der Waals surface area contributed by atoms with Crippen LogP contribution in [-0.2, 0) is 4.79 Å². The highest BCUT2D eigenvalue weighted by Crippen LogP contribution is 2.15. The quantitative estimate of drug-likeness (QED) is 0.758. The monoisotopic (exact) mass is 327 g/mol. The highest BCUT2D eigenvalue weighted by atomic mass is 16.2. The van der Waals surface area contributed by atoms with Crippen LogP contribution in [0.2, 0.25) is 0 Å².